The van der Waals surface area contributed by atoms with Crippen LogP contribution in [0, 0.1) is 11.7 Å². The Morgan fingerprint density at radius 1 is 1.25 bits per heavy atom. The van der Waals surface area contributed by atoms with Crippen LogP contribution in [-0.2, 0) is 4.79 Å². The van der Waals surface area contributed by atoms with Gasteiger partial charge in [0.15, 0.2) is 0 Å². The van der Waals surface area contributed by atoms with E-state index in [1.54, 1.807) is 6.92 Å². The molecule has 130 valence electrons. The molecule has 0 aromatic heterocycles. The summed E-state index contributed by atoms with van der Waals surface area (Å²) in [6.45, 7) is 2.75. The monoisotopic (exact) mass is 352 g/mol. The van der Waals surface area contributed by atoms with Crippen molar-refractivity contribution in [2.75, 3.05) is 13.1 Å². The van der Waals surface area contributed by atoms with E-state index in [9.17, 15) is 14.0 Å². The number of piperidine rings is 1. The van der Waals surface area contributed by atoms with Gasteiger partial charge < -0.3 is 5.32 Å². The minimum Gasteiger partial charge on any atom is -0.352 e. The van der Waals surface area contributed by atoms with Gasteiger partial charge in [0, 0.05) is 29.2 Å². The zero-order valence-electron chi connectivity index (χ0n) is 13.7. The Labute approximate surface area is 146 Å². The third-order valence-electron chi connectivity index (χ3n) is 5.06. The zero-order valence-corrected chi connectivity index (χ0v) is 14.5. The number of hydrogen-bond acceptors (Lipinski definition) is 3. The second kappa shape index (κ2) is 7.19. The molecule has 0 saturated carbocycles. The lowest BCUT2D eigenvalue weighted by Gasteiger charge is -2.38. The molecule has 3 atom stereocenters. The van der Waals surface area contributed by atoms with Crippen LogP contribution in [0.4, 0.5) is 4.39 Å². The van der Waals surface area contributed by atoms with Crippen LogP contribution in [0.5, 0.6) is 0 Å². The average Bonchev–Trinajstić information content (AvgIpc) is 2.74. The highest BCUT2D eigenvalue weighted by Gasteiger charge is 2.40. The number of ketones is 1. The summed E-state index contributed by atoms with van der Waals surface area (Å²) in [5, 5.41) is 3.12. The summed E-state index contributed by atoms with van der Waals surface area (Å²) in [4.78, 5) is 25.9. The van der Waals surface area contributed by atoms with Gasteiger partial charge in [0.2, 0.25) is 0 Å². The van der Waals surface area contributed by atoms with E-state index in [1.807, 2.05) is 0 Å². The summed E-state index contributed by atoms with van der Waals surface area (Å²) < 4.78 is 13.3. The molecule has 24 heavy (non-hydrogen) atoms. The van der Waals surface area contributed by atoms with Gasteiger partial charge in [-0.05, 0) is 56.7 Å². The molecule has 1 amide bonds. The van der Waals surface area contributed by atoms with E-state index in [0.717, 1.165) is 25.7 Å². The fourth-order valence-electron chi connectivity index (χ4n) is 4.09. The summed E-state index contributed by atoms with van der Waals surface area (Å²) in [6, 6.07) is 4.73. The quantitative estimate of drug-likeness (QED) is 0.886. The minimum absolute atomic E-state index is 0.210. The zero-order chi connectivity index (χ0) is 17.3. The highest BCUT2D eigenvalue weighted by atomic mass is 35.5. The second-order valence-electron chi connectivity index (χ2n) is 6.96. The Bertz CT molecular complexity index is 618. The minimum atomic E-state index is -0.511. The highest BCUT2D eigenvalue weighted by Crippen LogP contribution is 2.38. The summed E-state index contributed by atoms with van der Waals surface area (Å²) >= 11 is 5.79. The standard InChI is InChI=1S/C18H22ClFN2O2/c1-11(23)10-22-16-2-3-17(22)5-12(4-16)9-21-18(24)13-6-14(19)8-15(20)7-13/h6-8,12,16-17H,2-5,9-10H2,1H3,(H,21,24)/t12?,16-,17?/m0/s1. The fraction of sp³-hybridized carbons (Fsp3) is 0.556. The number of nitrogens with one attached hydrogen (secondary N) is 1. The van der Waals surface area contributed by atoms with Gasteiger partial charge in [0.1, 0.15) is 11.6 Å². The third-order valence-corrected chi connectivity index (χ3v) is 5.28. The lowest BCUT2D eigenvalue weighted by molar-refractivity contribution is -0.119. The highest BCUT2D eigenvalue weighted by molar-refractivity contribution is 6.31. The number of nitrogens with zero attached hydrogens (tertiary/aromatic N) is 1. The summed E-state index contributed by atoms with van der Waals surface area (Å²) in [7, 11) is 0. The third kappa shape index (κ3) is 3.95. The van der Waals surface area contributed by atoms with Crippen molar-refractivity contribution in [3.63, 3.8) is 0 Å². The Morgan fingerprint density at radius 3 is 2.50 bits per heavy atom. The maximum absolute atomic E-state index is 13.3. The molecular formula is C18H22ClFN2O2. The molecule has 0 spiro atoms. The van der Waals surface area contributed by atoms with Crippen molar-refractivity contribution in [2.45, 2.75) is 44.7 Å². The van der Waals surface area contributed by atoms with Crippen LogP contribution in [0.3, 0.4) is 0 Å². The molecule has 0 radical (unpaired) electrons. The molecule has 2 fully saturated rings. The van der Waals surface area contributed by atoms with E-state index in [-0.39, 0.29) is 22.3 Å². The van der Waals surface area contributed by atoms with Crippen LogP contribution in [0.15, 0.2) is 18.2 Å². The van der Waals surface area contributed by atoms with Crippen molar-refractivity contribution in [2.24, 2.45) is 5.92 Å². The van der Waals surface area contributed by atoms with Gasteiger partial charge in [0.05, 0.1) is 6.54 Å². The van der Waals surface area contributed by atoms with Gasteiger partial charge in [-0.15, -0.1) is 0 Å². The molecule has 2 aliphatic rings. The maximum atomic E-state index is 13.3. The van der Waals surface area contributed by atoms with E-state index < -0.39 is 5.82 Å². The van der Waals surface area contributed by atoms with Gasteiger partial charge in [-0.2, -0.15) is 0 Å². The number of rotatable bonds is 5. The van der Waals surface area contributed by atoms with Gasteiger partial charge in [-0.25, -0.2) is 4.39 Å². The average molecular weight is 353 g/mol. The van der Waals surface area contributed by atoms with Crippen molar-refractivity contribution in [3.8, 4) is 0 Å². The SMILES string of the molecule is CC(=O)CN1C2CC[C@H]1CC(CNC(=O)c1cc(F)cc(Cl)c1)C2. The maximum Gasteiger partial charge on any atom is 0.251 e. The van der Waals surface area contributed by atoms with Crippen LogP contribution in [0.25, 0.3) is 0 Å². The number of carbonyl (C=O) groups excluding carboxylic acids is 2. The summed E-state index contributed by atoms with van der Waals surface area (Å²) in [5.41, 5.74) is 0.247. The first kappa shape index (κ1) is 17.4. The van der Waals surface area contributed by atoms with E-state index in [0.29, 0.717) is 31.1 Å². The van der Waals surface area contributed by atoms with Gasteiger partial charge >= 0.3 is 0 Å². The molecule has 1 aromatic rings. The number of fused-ring (bicyclic) bond motifs is 2. The van der Waals surface area contributed by atoms with Crippen molar-refractivity contribution in [3.05, 3.63) is 34.6 Å². The molecule has 6 heteroatoms. The van der Waals surface area contributed by atoms with E-state index in [2.05, 4.69) is 10.2 Å². The summed E-state index contributed by atoms with van der Waals surface area (Å²) in [6.07, 6.45) is 4.24. The number of Topliss-reactive ketones (excluding diaryl/α,β-unsaturated/α-hetero) is 1. The van der Waals surface area contributed by atoms with Crippen molar-refractivity contribution < 1.29 is 14.0 Å². The number of halogens is 2. The predicted octanol–water partition coefficient (Wildman–Crippen LogP) is 3.04. The summed E-state index contributed by atoms with van der Waals surface area (Å²) in [5.74, 6) is -0.196. The smallest absolute Gasteiger partial charge is 0.251 e. The first-order valence-electron chi connectivity index (χ1n) is 8.42. The Hall–Kier alpha value is -1.46. The van der Waals surface area contributed by atoms with Crippen LogP contribution in [0.2, 0.25) is 5.02 Å². The molecule has 2 aliphatic heterocycles. The van der Waals surface area contributed by atoms with Crippen molar-refractivity contribution in [1.82, 2.24) is 10.2 Å². The first-order chi connectivity index (χ1) is 11.4. The fourth-order valence-corrected chi connectivity index (χ4v) is 4.31. The second-order valence-corrected chi connectivity index (χ2v) is 7.40. The first-order valence-corrected chi connectivity index (χ1v) is 8.79. The van der Waals surface area contributed by atoms with Gasteiger partial charge in [-0.1, -0.05) is 11.6 Å². The topological polar surface area (TPSA) is 49.4 Å². The van der Waals surface area contributed by atoms with Crippen molar-refractivity contribution >= 4 is 23.3 Å². The number of hydrogen-bond donors (Lipinski definition) is 1. The van der Waals surface area contributed by atoms with Crippen LogP contribution in [-0.4, -0.2) is 41.8 Å². The predicted molar refractivity (Wildman–Crippen MR) is 90.7 cm³/mol. The Morgan fingerprint density at radius 2 is 1.92 bits per heavy atom. The lowest BCUT2D eigenvalue weighted by atomic mass is 9.90. The largest absolute Gasteiger partial charge is 0.352 e. The molecule has 1 N–H and O–H groups in total. The number of benzene rings is 1. The molecule has 1 aromatic carbocycles. The van der Waals surface area contributed by atoms with Crippen LogP contribution < -0.4 is 5.32 Å². The van der Waals surface area contributed by atoms with Crippen LogP contribution in [0.1, 0.15) is 43.0 Å². The van der Waals surface area contributed by atoms with E-state index >= 15 is 0 Å². The molecule has 2 saturated heterocycles. The molecule has 4 nitrogen and oxygen atoms in total. The Balaban J connectivity index is 1.55. The van der Waals surface area contributed by atoms with Gasteiger partial charge in [-0.3, -0.25) is 14.5 Å². The molecule has 2 unspecified atom stereocenters. The number of carbonyl (C=O) groups is 2. The molecule has 0 aliphatic carbocycles. The molecular weight excluding hydrogens is 331 g/mol. The van der Waals surface area contributed by atoms with Crippen molar-refractivity contribution in [1.29, 1.82) is 0 Å². The van der Waals surface area contributed by atoms with E-state index in [1.165, 1.54) is 18.2 Å². The lowest BCUT2D eigenvalue weighted by Crippen LogP contribution is -2.47. The Kier molecular flexibility index (Phi) is 5.21. The molecule has 2 bridgehead atoms. The number of amides is 1. The van der Waals surface area contributed by atoms with E-state index in [4.69, 9.17) is 11.6 Å². The molecule has 3 rings (SSSR count). The van der Waals surface area contributed by atoms with Gasteiger partial charge in [0.25, 0.3) is 5.91 Å². The van der Waals surface area contributed by atoms with Crippen LogP contribution >= 0.6 is 11.6 Å². The molecule has 2 heterocycles. The normalized spacial score (nSPS) is 26.4.